The van der Waals surface area contributed by atoms with Crippen LogP contribution in [-0.2, 0) is 16.0 Å². The van der Waals surface area contributed by atoms with Crippen LogP contribution in [0.25, 0.3) is 0 Å². The van der Waals surface area contributed by atoms with E-state index >= 15 is 0 Å². The predicted octanol–water partition coefficient (Wildman–Crippen LogP) is 4.27. The number of anilines is 2. The first-order valence-electron chi connectivity index (χ1n) is 9.20. The minimum absolute atomic E-state index is 0.106. The molecule has 0 aliphatic rings. The van der Waals surface area contributed by atoms with Gasteiger partial charge in [0.25, 0.3) is 5.91 Å². The van der Waals surface area contributed by atoms with Crippen molar-refractivity contribution >= 4 is 34.0 Å². The first kappa shape index (κ1) is 20.5. The van der Waals surface area contributed by atoms with E-state index in [0.717, 1.165) is 22.4 Å². The predicted molar refractivity (Wildman–Crippen MR) is 116 cm³/mol. The fraction of sp³-hybridized carbons (Fsp3) is 0.227. The van der Waals surface area contributed by atoms with E-state index in [1.54, 1.807) is 5.38 Å². The van der Waals surface area contributed by atoms with Crippen molar-refractivity contribution in [2.75, 3.05) is 17.2 Å². The number of aromatic nitrogens is 1. The summed E-state index contributed by atoms with van der Waals surface area (Å²) in [5.74, 6) is 0.183. The molecule has 0 saturated heterocycles. The molecule has 1 heterocycles. The fourth-order valence-corrected chi connectivity index (χ4v) is 3.42. The standard InChI is InChI=1S/C22H23N3O3S/c1-14-4-7-18(8-5-14)28-12-21(27)25-22-23-17(13-29-22)11-20(26)24-19-9-6-15(2)10-16(19)3/h4-10,13H,11-12H2,1-3H3,(H,24,26)(H,23,25,27). The molecule has 2 N–H and O–H groups in total. The molecule has 0 atom stereocenters. The zero-order valence-corrected chi connectivity index (χ0v) is 17.4. The van der Waals surface area contributed by atoms with E-state index in [0.29, 0.717) is 16.6 Å². The molecule has 0 bridgehead atoms. The lowest BCUT2D eigenvalue weighted by atomic mass is 10.1. The Morgan fingerprint density at radius 3 is 2.41 bits per heavy atom. The molecule has 0 aliphatic heterocycles. The van der Waals surface area contributed by atoms with Gasteiger partial charge < -0.3 is 10.1 Å². The molecule has 1 aromatic heterocycles. The number of aryl methyl sites for hydroxylation is 3. The van der Waals surface area contributed by atoms with Crippen LogP contribution in [0.5, 0.6) is 5.75 Å². The highest BCUT2D eigenvalue weighted by Crippen LogP contribution is 2.19. The Balaban J connectivity index is 1.48. The Morgan fingerprint density at radius 2 is 1.69 bits per heavy atom. The molecule has 0 radical (unpaired) electrons. The van der Waals surface area contributed by atoms with Gasteiger partial charge in [-0.2, -0.15) is 0 Å². The summed E-state index contributed by atoms with van der Waals surface area (Å²) in [6.45, 7) is 5.84. The Morgan fingerprint density at radius 1 is 0.966 bits per heavy atom. The molecule has 2 aromatic carbocycles. The second-order valence-electron chi connectivity index (χ2n) is 6.84. The first-order chi connectivity index (χ1) is 13.9. The minimum Gasteiger partial charge on any atom is -0.484 e. The molecule has 3 aromatic rings. The van der Waals surface area contributed by atoms with Gasteiger partial charge in [0.15, 0.2) is 11.7 Å². The largest absolute Gasteiger partial charge is 0.484 e. The Hall–Kier alpha value is -3.19. The second kappa shape index (κ2) is 9.34. The molecule has 0 unspecified atom stereocenters. The van der Waals surface area contributed by atoms with Gasteiger partial charge in [-0.1, -0.05) is 35.4 Å². The van der Waals surface area contributed by atoms with E-state index in [4.69, 9.17) is 4.74 Å². The van der Waals surface area contributed by atoms with Crippen molar-refractivity contribution in [3.8, 4) is 5.75 Å². The van der Waals surface area contributed by atoms with Gasteiger partial charge in [0.2, 0.25) is 5.91 Å². The maximum Gasteiger partial charge on any atom is 0.264 e. The molecule has 7 heteroatoms. The Labute approximate surface area is 173 Å². The van der Waals surface area contributed by atoms with Crippen molar-refractivity contribution in [2.24, 2.45) is 0 Å². The average molecular weight is 410 g/mol. The molecule has 0 fully saturated rings. The lowest BCUT2D eigenvalue weighted by Crippen LogP contribution is -2.20. The summed E-state index contributed by atoms with van der Waals surface area (Å²) in [4.78, 5) is 28.6. The van der Waals surface area contributed by atoms with E-state index < -0.39 is 0 Å². The van der Waals surface area contributed by atoms with Gasteiger partial charge in [-0.15, -0.1) is 11.3 Å². The van der Waals surface area contributed by atoms with E-state index in [-0.39, 0.29) is 24.8 Å². The van der Waals surface area contributed by atoms with Crippen molar-refractivity contribution in [1.29, 1.82) is 0 Å². The molecule has 29 heavy (non-hydrogen) atoms. The van der Waals surface area contributed by atoms with Crippen LogP contribution in [0, 0.1) is 20.8 Å². The van der Waals surface area contributed by atoms with E-state index in [9.17, 15) is 9.59 Å². The summed E-state index contributed by atoms with van der Waals surface area (Å²) in [6, 6.07) is 13.3. The topological polar surface area (TPSA) is 80.3 Å². The molecule has 0 aliphatic carbocycles. The van der Waals surface area contributed by atoms with Crippen LogP contribution < -0.4 is 15.4 Å². The molecule has 0 saturated carbocycles. The zero-order valence-electron chi connectivity index (χ0n) is 16.6. The number of carbonyl (C=O) groups excluding carboxylic acids is 2. The van der Waals surface area contributed by atoms with Gasteiger partial charge in [-0.25, -0.2) is 4.98 Å². The van der Waals surface area contributed by atoms with Gasteiger partial charge in [-0.05, 0) is 44.5 Å². The van der Waals surface area contributed by atoms with Crippen molar-refractivity contribution in [1.82, 2.24) is 4.98 Å². The summed E-state index contributed by atoms with van der Waals surface area (Å²) in [5, 5.41) is 7.79. The smallest absolute Gasteiger partial charge is 0.264 e. The third-order valence-electron chi connectivity index (χ3n) is 4.19. The molecule has 0 spiro atoms. The molecular weight excluding hydrogens is 386 g/mol. The zero-order chi connectivity index (χ0) is 20.8. The number of nitrogens with one attached hydrogen (secondary N) is 2. The van der Waals surface area contributed by atoms with E-state index in [2.05, 4.69) is 15.6 Å². The van der Waals surface area contributed by atoms with Crippen molar-refractivity contribution in [2.45, 2.75) is 27.2 Å². The molecular formula is C22H23N3O3S. The van der Waals surface area contributed by atoms with Gasteiger partial charge in [-0.3, -0.25) is 14.9 Å². The van der Waals surface area contributed by atoms with Gasteiger partial charge >= 0.3 is 0 Å². The molecule has 2 amide bonds. The van der Waals surface area contributed by atoms with Gasteiger partial charge in [0.05, 0.1) is 12.1 Å². The summed E-state index contributed by atoms with van der Waals surface area (Å²) < 4.78 is 5.45. The maximum absolute atomic E-state index is 12.3. The van der Waals surface area contributed by atoms with Crippen LogP contribution in [0.15, 0.2) is 47.8 Å². The monoisotopic (exact) mass is 409 g/mol. The van der Waals surface area contributed by atoms with Crippen molar-refractivity contribution in [3.05, 3.63) is 70.2 Å². The first-order valence-corrected chi connectivity index (χ1v) is 10.1. The van der Waals surface area contributed by atoms with Crippen LogP contribution in [0.1, 0.15) is 22.4 Å². The lowest BCUT2D eigenvalue weighted by molar-refractivity contribution is -0.118. The number of thiazole rings is 1. The van der Waals surface area contributed by atoms with Crippen molar-refractivity contribution in [3.63, 3.8) is 0 Å². The van der Waals surface area contributed by atoms with Crippen molar-refractivity contribution < 1.29 is 14.3 Å². The normalized spacial score (nSPS) is 10.4. The lowest BCUT2D eigenvalue weighted by Gasteiger charge is -2.08. The number of rotatable bonds is 7. The van der Waals surface area contributed by atoms with Gasteiger partial charge in [0.1, 0.15) is 5.75 Å². The third kappa shape index (κ3) is 6.15. The summed E-state index contributed by atoms with van der Waals surface area (Å²) in [5.41, 5.74) is 4.67. The highest BCUT2D eigenvalue weighted by atomic mass is 32.1. The highest BCUT2D eigenvalue weighted by molar-refractivity contribution is 7.13. The number of carbonyl (C=O) groups is 2. The molecule has 150 valence electrons. The SMILES string of the molecule is Cc1ccc(OCC(=O)Nc2nc(CC(=O)Nc3ccc(C)cc3C)cs2)cc1. The second-order valence-corrected chi connectivity index (χ2v) is 7.70. The number of amides is 2. The number of nitrogens with zero attached hydrogens (tertiary/aromatic N) is 1. The number of hydrogen-bond donors (Lipinski definition) is 2. The van der Waals surface area contributed by atoms with Crippen LogP contribution in [0.4, 0.5) is 10.8 Å². The van der Waals surface area contributed by atoms with Crippen LogP contribution in [0.3, 0.4) is 0 Å². The number of benzene rings is 2. The summed E-state index contributed by atoms with van der Waals surface area (Å²) >= 11 is 1.28. The number of ether oxygens (including phenoxy) is 1. The quantitative estimate of drug-likeness (QED) is 0.611. The average Bonchev–Trinajstić information content (AvgIpc) is 3.10. The van der Waals surface area contributed by atoms with Crippen LogP contribution in [0.2, 0.25) is 0 Å². The van der Waals surface area contributed by atoms with E-state index in [1.807, 2.05) is 63.2 Å². The third-order valence-corrected chi connectivity index (χ3v) is 4.99. The maximum atomic E-state index is 12.3. The fourth-order valence-electron chi connectivity index (χ4n) is 2.70. The number of hydrogen-bond acceptors (Lipinski definition) is 5. The molecule has 6 nitrogen and oxygen atoms in total. The Bertz CT molecular complexity index is 1010. The minimum atomic E-state index is -0.300. The summed E-state index contributed by atoms with van der Waals surface area (Å²) in [6.07, 6.45) is 0.138. The summed E-state index contributed by atoms with van der Waals surface area (Å²) in [7, 11) is 0. The van der Waals surface area contributed by atoms with Crippen LogP contribution in [-0.4, -0.2) is 23.4 Å². The van der Waals surface area contributed by atoms with E-state index in [1.165, 1.54) is 11.3 Å². The highest BCUT2D eigenvalue weighted by Gasteiger charge is 2.11. The van der Waals surface area contributed by atoms with Crippen LogP contribution >= 0.6 is 11.3 Å². The molecule has 3 rings (SSSR count). The Kier molecular flexibility index (Phi) is 6.61. The van der Waals surface area contributed by atoms with Gasteiger partial charge in [0, 0.05) is 11.1 Å².